The highest BCUT2D eigenvalue weighted by molar-refractivity contribution is 7.00. The van der Waals surface area contributed by atoms with Crippen molar-refractivity contribution in [2.24, 2.45) is 0 Å². The Morgan fingerprint density at radius 3 is 2.40 bits per heavy atom. The maximum Gasteiger partial charge on any atom is 0.108 e. The van der Waals surface area contributed by atoms with Gasteiger partial charge in [-0.15, -0.1) is 0 Å². The molecule has 0 spiro atoms. The first kappa shape index (κ1) is 10.6. The molecule has 0 saturated heterocycles. The Morgan fingerprint density at radius 1 is 1.13 bits per heavy atom. The van der Waals surface area contributed by atoms with Crippen LogP contribution < -0.4 is 0 Å². The maximum atomic E-state index is 4.42. The molecule has 0 unspecified atom stereocenters. The molecule has 0 aliphatic carbocycles. The van der Waals surface area contributed by atoms with Crippen molar-refractivity contribution in [3.8, 4) is 0 Å². The molecule has 0 amide bonds. The Kier molecular flexibility index (Phi) is 2.51. The molecular weight excluding hydrogens is 204 g/mol. The smallest absolute Gasteiger partial charge is 0.108 e. The summed E-state index contributed by atoms with van der Waals surface area (Å²) in [6, 6.07) is 4.38. The van der Waals surface area contributed by atoms with Gasteiger partial charge in [-0.25, -0.2) is 0 Å². The molecular formula is C12H16N2S. The van der Waals surface area contributed by atoms with E-state index in [2.05, 4.69) is 48.6 Å². The molecule has 0 fully saturated rings. The lowest BCUT2D eigenvalue weighted by Crippen LogP contribution is -2.12. The van der Waals surface area contributed by atoms with E-state index >= 15 is 0 Å². The maximum absolute atomic E-state index is 4.42. The Labute approximate surface area is 94.7 Å². The first-order valence-electron chi connectivity index (χ1n) is 5.28. The molecule has 15 heavy (non-hydrogen) atoms. The molecule has 1 heterocycles. The molecule has 0 saturated carbocycles. The molecule has 0 atom stereocenters. The van der Waals surface area contributed by atoms with Crippen molar-refractivity contribution in [3.05, 3.63) is 23.3 Å². The lowest BCUT2D eigenvalue weighted by atomic mass is 9.85. The summed E-state index contributed by atoms with van der Waals surface area (Å²) in [6.07, 6.45) is 1.02. The van der Waals surface area contributed by atoms with Crippen LogP contribution in [0.1, 0.15) is 38.8 Å². The molecule has 0 bridgehead atoms. The molecule has 1 aromatic carbocycles. The van der Waals surface area contributed by atoms with Gasteiger partial charge in [-0.3, -0.25) is 0 Å². The summed E-state index contributed by atoms with van der Waals surface area (Å²) in [7, 11) is 0. The van der Waals surface area contributed by atoms with E-state index in [1.54, 1.807) is 0 Å². The van der Waals surface area contributed by atoms with Crippen LogP contribution in [0.3, 0.4) is 0 Å². The summed E-state index contributed by atoms with van der Waals surface area (Å²) in [5.41, 5.74) is 4.91. The summed E-state index contributed by atoms with van der Waals surface area (Å²) in [6.45, 7) is 8.80. The van der Waals surface area contributed by atoms with Crippen LogP contribution in [0.25, 0.3) is 11.0 Å². The third-order valence-electron chi connectivity index (χ3n) is 2.69. The highest BCUT2D eigenvalue weighted by atomic mass is 32.1. The summed E-state index contributed by atoms with van der Waals surface area (Å²) in [5.74, 6) is 0. The Morgan fingerprint density at radius 2 is 1.80 bits per heavy atom. The molecule has 2 rings (SSSR count). The van der Waals surface area contributed by atoms with E-state index in [0.29, 0.717) is 0 Å². The third kappa shape index (κ3) is 1.76. The van der Waals surface area contributed by atoms with E-state index in [1.807, 2.05) is 0 Å². The average Bonchev–Trinajstić information content (AvgIpc) is 2.62. The van der Waals surface area contributed by atoms with Crippen LogP contribution in [0, 0.1) is 0 Å². The van der Waals surface area contributed by atoms with E-state index in [4.69, 9.17) is 0 Å². The van der Waals surface area contributed by atoms with Crippen LogP contribution >= 0.6 is 11.7 Å². The summed E-state index contributed by atoms with van der Waals surface area (Å²) < 4.78 is 8.82. The van der Waals surface area contributed by atoms with Crippen molar-refractivity contribution >= 4 is 22.8 Å². The molecule has 0 radical (unpaired) electrons. The highest BCUT2D eigenvalue weighted by Crippen LogP contribution is 2.30. The molecule has 0 N–H and O–H groups in total. The van der Waals surface area contributed by atoms with Crippen LogP contribution in [0.4, 0.5) is 0 Å². The number of benzene rings is 1. The number of aromatic nitrogens is 2. The summed E-state index contributed by atoms with van der Waals surface area (Å²) in [4.78, 5) is 0. The summed E-state index contributed by atoms with van der Waals surface area (Å²) >= 11 is 1.31. The minimum absolute atomic E-state index is 0.139. The van der Waals surface area contributed by atoms with Crippen LogP contribution in [0.5, 0.6) is 0 Å². The molecule has 3 heteroatoms. The Balaban J connectivity index is 2.74. The second kappa shape index (κ2) is 3.56. The van der Waals surface area contributed by atoms with Crippen molar-refractivity contribution in [2.45, 2.75) is 39.5 Å². The van der Waals surface area contributed by atoms with E-state index in [0.717, 1.165) is 17.5 Å². The van der Waals surface area contributed by atoms with E-state index < -0.39 is 0 Å². The first-order chi connectivity index (χ1) is 7.04. The fourth-order valence-electron chi connectivity index (χ4n) is 1.81. The van der Waals surface area contributed by atoms with Gasteiger partial charge in [-0.1, -0.05) is 39.8 Å². The number of aryl methyl sites for hydroxylation is 1. The normalized spacial score (nSPS) is 12.3. The number of rotatable bonds is 1. The zero-order chi connectivity index (χ0) is 11.1. The standard InChI is InChI=1S/C12H16N2S/c1-5-8-6-7-9(12(2,3)4)11-10(8)13-15-14-11/h6-7H,5H2,1-4H3. The minimum Gasteiger partial charge on any atom is -0.173 e. The Hall–Kier alpha value is -0.960. The van der Waals surface area contributed by atoms with Gasteiger partial charge in [0.25, 0.3) is 0 Å². The zero-order valence-electron chi connectivity index (χ0n) is 9.66. The lowest BCUT2D eigenvalue weighted by molar-refractivity contribution is 0.595. The molecule has 2 nitrogen and oxygen atoms in total. The topological polar surface area (TPSA) is 25.8 Å². The van der Waals surface area contributed by atoms with E-state index in [1.165, 1.54) is 22.9 Å². The van der Waals surface area contributed by atoms with Crippen molar-refractivity contribution in [1.82, 2.24) is 8.75 Å². The van der Waals surface area contributed by atoms with Crippen LogP contribution in [-0.4, -0.2) is 8.75 Å². The van der Waals surface area contributed by atoms with Gasteiger partial charge in [0.05, 0.1) is 11.7 Å². The van der Waals surface area contributed by atoms with Crippen LogP contribution in [0.15, 0.2) is 12.1 Å². The van der Waals surface area contributed by atoms with Crippen molar-refractivity contribution in [1.29, 1.82) is 0 Å². The fraction of sp³-hybridized carbons (Fsp3) is 0.500. The van der Waals surface area contributed by atoms with Gasteiger partial charge in [0.15, 0.2) is 0 Å². The number of hydrogen-bond acceptors (Lipinski definition) is 3. The monoisotopic (exact) mass is 220 g/mol. The SMILES string of the molecule is CCc1ccc(C(C)(C)C)c2nsnc12. The second-order valence-electron chi connectivity index (χ2n) is 4.84. The van der Waals surface area contributed by atoms with Gasteiger partial charge < -0.3 is 0 Å². The second-order valence-corrected chi connectivity index (χ2v) is 5.37. The predicted octanol–water partition coefficient (Wildman–Crippen LogP) is 3.55. The molecule has 0 aliphatic rings. The van der Waals surface area contributed by atoms with Crippen LogP contribution in [-0.2, 0) is 11.8 Å². The van der Waals surface area contributed by atoms with Crippen molar-refractivity contribution < 1.29 is 0 Å². The van der Waals surface area contributed by atoms with E-state index in [9.17, 15) is 0 Å². The van der Waals surface area contributed by atoms with Gasteiger partial charge in [0, 0.05) is 0 Å². The van der Waals surface area contributed by atoms with Crippen molar-refractivity contribution in [3.63, 3.8) is 0 Å². The number of nitrogens with zero attached hydrogens (tertiary/aromatic N) is 2. The molecule has 1 aromatic heterocycles. The fourth-order valence-corrected chi connectivity index (χ4v) is 2.40. The van der Waals surface area contributed by atoms with Gasteiger partial charge in [0.2, 0.25) is 0 Å². The summed E-state index contributed by atoms with van der Waals surface area (Å²) in [5, 5.41) is 0. The lowest BCUT2D eigenvalue weighted by Gasteiger charge is -2.19. The largest absolute Gasteiger partial charge is 0.173 e. The van der Waals surface area contributed by atoms with Gasteiger partial charge in [-0.05, 0) is 23.0 Å². The number of hydrogen-bond donors (Lipinski definition) is 0. The number of fused-ring (bicyclic) bond motifs is 1. The third-order valence-corrected chi connectivity index (χ3v) is 3.22. The van der Waals surface area contributed by atoms with Gasteiger partial charge in [0.1, 0.15) is 11.0 Å². The molecule has 0 aliphatic heterocycles. The first-order valence-corrected chi connectivity index (χ1v) is 6.01. The van der Waals surface area contributed by atoms with Crippen molar-refractivity contribution in [2.75, 3.05) is 0 Å². The zero-order valence-corrected chi connectivity index (χ0v) is 10.5. The predicted molar refractivity (Wildman–Crippen MR) is 65.5 cm³/mol. The highest BCUT2D eigenvalue weighted by Gasteiger charge is 2.19. The molecule has 2 aromatic rings. The average molecular weight is 220 g/mol. The van der Waals surface area contributed by atoms with E-state index in [-0.39, 0.29) is 5.41 Å². The van der Waals surface area contributed by atoms with Gasteiger partial charge in [-0.2, -0.15) is 8.75 Å². The molecule has 80 valence electrons. The van der Waals surface area contributed by atoms with Gasteiger partial charge >= 0.3 is 0 Å². The minimum atomic E-state index is 0.139. The quantitative estimate of drug-likeness (QED) is 0.734. The Bertz CT molecular complexity index is 480. The van der Waals surface area contributed by atoms with Crippen LogP contribution in [0.2, 0.25) is 0 Å².